The molecule has 8 saturated carbocycles. The number of ether oxygens (including phenoxy) is 6. The van der Waals surface area contributed by atoms with Crippen LogP contribution in [0.3, 0.4) is 0 Å². The molecule has 0 aromatic rings. The fourth-order valence-electron chi connectivity index (χ4n) is 10.8. The molecule has 388 valence electrons. The summed E-state index contributed by atoms with van der Waals surface area (Å²) in [6.45, 7) is 13.2. The third-order valence-corrected chi connectivity index (χ3v) is 13.8. The van der Waals surface area contributed by atoms with Crippen molar-refractivity contribution in [2.45, 2.75) is 142 Å². The zero-order valence-electron chi connectivity index (χ0n) is 40.4. The van der Waals surface area contributed by atoms with Crippen molar-refractivity contribution in [1.82, 2.24) is 0 Å². The van der Waals surface area contributed by atoms with E-state index >= 15 is 0 Å². The zero-order valence-corrected chi connectivity index (χ0v) is 40.4. The lowest BCUT2D eigenvalue weighted by molar-refractivity contribution is -0.184. The van der Waals surface area contributed by atoms with Crippen LogP contribution in [0.2, 0.25) is 0 Å². The number of rotatable bonds is 21. The highest BCUT2D eigenvalue weighted by Crippen LogP contribution is 2.61. The fourth-order valence-corrected chi connectivity index (χ4v) is 10.8. The molecule has 8 fully saturated rings. The van der Waals surface area contributed by atoms with Crippen molar-refractivity contribution >= 4 is 41.6 Å². The average Bonchev–Trinajstić information content (AvgIpc) is 3.25. The molecule has 8 aliphatic rings. The number of carbonyl (C=O) groups is 7. The summed E-state index contributed by atoms with van der Waals surface area (Å²) >= 11 is 0. The number of Topliss-reactive ketones (excluding diaryl/α,β-unsaturated/α-hetero) is 1. The molecule has 0 N–H and O–H groups in total. The van der Waals surface area contributed by atoms with Crippen LogP contribution < -0.4 is 0 Å². The Labute approximate surface area is 399 Å². The van der Waals surface area contributed by atoms with Crippen molar-refractivity contribution < 1.29 is 88.3 Å². The van der Waals surface area contributed by atoms with Gasteiger partial charge in [-0.15, -0.1) is 0 Å². The molecule has 0 saturated heterocycles. The molecule has 2 atom stereocenters. The second-order valence-corrected chi connectivity index (χ2v) is 20.7. The first-order valence-electron chi connectivity index (χ1n) is 23.6. The molecule has 8 bridgehead atoms. The number of halogens is 6. The number of alkyl halides is 6. The summed E-state index contributed by atoms with van der Waals surface area (Å²) in [6, 6.07) is 0. The molecule has 0 aromatic carbocycles. The number of carbonyl (C=O) groups excluding carboxylic acids is 7. The Kier molecular flexibility index (Phi) is 19.3. The lowest BCUT2D eigenvalue weighted by Gasteiger charge is -2.55. The number of ketones is 1. The maximum absolute atomic E-state index is 13.9. The number of hydrogen-bond donors (Lipinski definition) is 0. The van der Waals surface area contributed by atoms with Gasteiger partial charge in [0.2, 0.25) is 0 Å². The van der Waals surface area contributed by atoms with E-state index in [1.165, 1.54) is 40.0 Å². The molecule has 0 spiro atoms. The van der Waals surface area contributed by atoms with Crippen LogP contribution in [0.4, 0.5) is 26.3 Å². The monoisotopic (exact) mass is 990 g/mol. The molecule has 19 heteroatoms. The van der Waals surface area contributed by atoms with E-state index in [0.717, 1.165) is 32.1 Å². The van der Waals surface area contributed by atoms with Crippen molar-refractivity contribution in [1.29, 1.82) is 0 Å². The van der Waals surface area contributed by atoms with Gasteiger partial charge in [-0.1, -0.05) is 33.6 Å². The van der Waals surface area contributed by atoms with Crippen molar-refractivity contribution in [2.75, 3.05) is 39.6 Å². The molecular weight excluding hydrogens is 923 g/mol. The van der Waals surface area contributed by atoms with E-state index in [2.05, 4.69) is 38.7 Å². The lowest BCUT2D eigenvalue weighted by Crippen LogP contribution is -2.55. The lowest BCUT2D eigenvalue weighted by atomic mass is 9.49. The minimum absolute atomic E-state index is 0.115. The van der Waals surface area contributed by atoms with Gasteiger partial charge in [0.1, 0.15) is 5.78 Å². The predicted molar refractivity (Wildman–Crippen MR) is 235 cm³/mol. The van der Waals surface area contributed by atoms with E-state index in [0.29, 0.717) is 42.9 Å². The van der Waals surface area contributed by atoms with Crippen molar-refractivity contribution in [3.8, 4) is 0 Å². The highest BCUT2D eigenvalue weighted by atomic mass is 19.3. The molecule has 0 aliphatic heterocycles. The molecule has 8 rings (SSSR count). The largest absolute Gasteiger partial charge is 0.462 e. The first kappa shape index (κ1) is 56.9. The molecule has 0 aromatic heterocycles. The molecule has 0 heterocycles. The Bertz CT molecular complexity index is 1910. The smallest absolute Gasteiger partial charge is 0.333 e. The van der Waals surface area contributed by atoms with E-state index in [1.54, 1.807) is 13.8 Å². The van der Waals surface area contributed by atoms with Gasteiger partial charge in [0.15, 0.2) is 19.8 Å². The van der Waals surface area contributed by atoms with Crippen LogP contribution in [0, 0.1) is 52.3 Å². The Morgan fingerprint density at radius 2 is 0.797 bits per heavy atom. The maximum Gasteiger partial charge on any atom is 0.333 e. The quantitative estimate of drug-likeness (QED) is 0.0461. The van der Waals surface area contributed by atoms with E-state index < -0.39 is 129 Å². The van der Waals surface area contributed by atoms with Crippen LogP contribution in [-0.2, 0) is 62.0 Å². The van der Waals surface area contributed by atoms with Crippen molar-refractivity contribution in [3.63, 3.8) is 0 Å². The van der Waals surface area contributed by atoms with Crippen molar-refractivity contribution in [2.24, 2.45) is 52.3 Å². The summed E-state index contributed by atoms with van der Waals surface area (Å²) in [5.74, 6) is -12.0. The Balaban J connectivity index is 0.000000230. The van der Waals surface area contributed by atoms with Gasteiger partial charge in [0.05, 0.1) is 36.6 Å². The fraction of sp³-hybridized carbons (Fsp3) is 0.740. The number of esters is 6. The normalized spacial score (nSPS) is 27.2. The van der Waals surface area contributed by atoms with Crippen molar-refractivity contribution in [3.05, 3.63) is 36.5 Å². The van der Waals surface area contributed by atoms with Gasteiger partial charge < -0.3 is 28.4 Å². The second-order valence-electron chi connectivity index (χ2n) is 20.7. The van der Waals surface area contributed by atoms with Crippen LogP contribution in [-0.4, -0.2) is 99.0 Å². The average molecular weight is 991 g/mol. The van der Waals surface area contributed by atoms with E-state index in [1.807, 2.05) is 0 Å². The molecule has 8 aliphatic carbocycles. The topological polar surface area (TPSA) is 175 Å². The SMILES string of the molecule is C=C(C)C(=O)OCCC(F)(F)COC(=O)C(C)C.C=C(C)C(=O)OCCC(F)(F)COC(=O)C12CC3CC(C1)C(=O)C(C3)C2.C=C(C)C(=O)OCCC(F)(F)COC(=O)C12CC3CC(CC(C3)C1)C2. The summed E-state index contributed by atoms with van der Waals surface area (Å²) in [6.07, 6.45) is 6.94. The Morgan fingerprint density at radius 3 is 1.10 bits per heavy atom. The highest BCUT2D eigenvalue weighted by Gasteiger charge is 2.59. The minimum atomic E-state index is -3.27. The Hall–Kier alpha value is -4.71. The van der Waals surface area contributed by atoms with E-state index in [9.17, 15) is 59.9 Å². The molecular formula is C50H68F6O13. The van der Waals surface area contributed by atoms with Gasteiger partial charge >= 0.3 is 35.8 Å². The first-order valence-corrected chi connectivity index (χ1v) is 23.6. The van der Waals surface area contributed by atoms with E-state index in [4.69, 9.17) is 9.47 Å². The van der Waals surface area contributed by atoms with Gasteiger partial charge in [0.25, 0.3) is 17.8 Å². The summed E-state index contributed by atoms with van der Waals surface area (Å²) in [7, 11) is 0. The summed E-state index contributed by atoms with van der Waals surface area (Å²) in [4.78, 5) is 81.6. The third kappa shape index (κ3) is 16.4. The van der Waals surface area contributed by atoms with Crippen LogP contribution in [0.15, 0.2) is 36.5 Å². The van der Waals surface area contributed by atoms with Gasteiger partial charge in [-0.05, 0) is 115 Å². The van der Waals surface area contributed by atoms with Gasteiger partial charge in [-0.3, -0.25) is 19.2 Å². The highest BCUT2D eigenvalue weighted by molar-refractivity contribution is 5.90. The summed E-state index contributed by atoms with van der Waals surface area (Å²) in [5.41, 5.74) is -0.860. The van der Waals surface area contributed by atoms with E-state index in [-0.39, 0.29) is 34.3 Å². The second kappa shape index (κ2) is 23.5. The maximum atomic E-state index is 13.9. The standard InChI is InChI=1S/C19H24F2O5.C19H26F2O4.C12H18F2O4/c1-11(2)16(23)25-4-3-19(20,21)10-26-17(24)18-7-12-5-13(8-18)15(22)14(6-12)9-18;1-12(2)16(22)24-4-3-19(20,21)11-25-17(23)18-8-13-5-14(9-18)7-15(6-13)10-18;1-8(2)10(15)17-6-5-12(13,14)7-18-11(16)9(3)4/h12-14H,1,3-10H2,2H3;13-15H,1,3-11H2,2H3;9H,1,5-7H2,2-4H3. The van der Waals surface area contributed by atoms with Gasteiger partial charge in [-0.2, -0.15) is 0 Å². The first-order chi connectivity index (χ1) is 32.0. The van der Waals surface area contributed by atoms with Crippen LogP contribution in [0.1, 0.15) is 125 Å². The zero-order chi connectivity index (χ0) is 51.7. The van der Waals surface area contributed by atoms with Gasteiger partial charge in [-0.25, -0.2) is 40.7 Å². The molecule has 0 radical (unpaired) electrons. The summed E-state index contributed by atoms with van der Waals surface area (Å²) < 4.78 is 110. The Morgan fingerprint density at radius 1 is 0.507 bits per heavy atom. The van der Waals surface area contributed by atoms with Crippen LogP contribution in [0.25, 0.3) is 0 Å². The number of hydrogen-bond acceptors (Lipinski definition) is 13. The molecule has 13 nitrogen and oxygen atoms in total. The molecule has 2 unspecified atom stereocenters. The third-order valence-electron chi connectivity index (χ3n) is 13.8. The predicted octanol–water partition coefficient (Wildman–Crippen LogP) is 9.29. The van der Waals surface area contributed by atoms with Gasteiger partial charge in [0, 0.05) is 47.8 Å². The minimum Gasteiger partial charge on any atom is -0.462 e. The van der Waals surface area contributed by atoms with Crippen LogP contribution >= 0.6 is 0 Å². The summed E-state index contributed by atoms with van der Waals surface area (Å²) in [5, 5.41) is 0. The van der Waals surface area contributed by atoms with Crippen LogP contribution in [0.5, 0.6) is 0 Å². The molecule has 0 amide bonds. The molecule has 69 heavy (non-hydrogen) atoms.